The van der Waals surface area contributed by atoms with Crippen molar-refractivity contribution in [3.05, 3.63) is 47.2 Å². The average molecular weight is 315 g/mol. The molecule has 2 heterocycles. The topological polar surface area (TPSA) is 75.6 Å². The van der Waals surface area contributed by atoms with Crippen molar-refractivity contribution < 1.29 is 19.4 Å². The normalized spacial score (nSPS) is 27.0. The molecule has 23 heavy (non-hydrogen) atoms. The maximum absolute atomic E-state index is 12.4. The summed E-state index contributed by atoms with van der Waals surface area (Å²) in [5.41, 5.74) is 0.925. The van der Waals surface area contributed by atoms with Crippen molar-refractivity contribution in [1.82, 2.24) is 5.32 Å². The Labute approximate surface area is 135 Å². The Balaban J connectivity index is 1.69. The van der Waals surface area contributed by atoms with Gasteiger partial charge in [-0.3, -0.25) is 4.79 Å². The first-order valence-electron chi connectivity index (χ1n) is 8.12. The van der Waals surface area contributed by atoms with Gasteiger partial charge < -0.3 is 15.2 Å². The summed E-state index contributed by atoms with van der Waals surface area (Å²) in [4.78, 5) is 24.4. The molecule has 2 fully saturated rings. The highest BCUT2D eigenvalue weighted by atomic mass is 16.6. The van der Waals surface area contributed by atoms with E-state index in [0.717, 1.165) is 31.4 Å². The molecule has 2 aliphatic rings. The van der Waals surface area contributed by atoms with Gasteiger partial charge in [0.25, 0.3) is 0 Å². The van der Waals surface area contributed by atoms with E-state index in [9.17, 15) is 14.7 Å². The lowest BCUT2D eigenvalue weighted by Gasteiger charge is -2.23. The minimum atomic E-state index is -0.788. The van der Waals surface area contributed by atoms with Gasteiger partial charge in [-0.1, -0.05) is 36.8 Å². The minimum absolute atomic E-state index is 0.151. The molecule has 0 bridgehead atoms. The molecule has 0 radical (unpaired) electrons. The Morgan fingerprint density at radius 2 is 2.00 bits per heavy atom. The van der Waals surface area contributed by atoms with Gasteiger partial charge in [-0.05, 0) is 37.8 Å². The average Bonchev–Trinajstić information content (AvgIpc) is 2.88. The SMILES string of the molecule is O=C1O[C@H](CCc2ccccc2)C(=O)/C1=C(\O)[C@@H]1CCCCN1. The summed E-state index contributed by atoms with van der Waals surface area (Å²) in [5, 5.41) is 13.5. The zero-order chi connectivity index (χ0) is 16.2. The van der Waals surface area contributed by atoms with E-state index >= 15 is 0 Å². The highest BCUT2D eigenvalue weighted by Gasteiger charge is 2.42. The van der Waals surface area contributed by atoms with E-state index in [0.29, 0.717) is 12.8 Å². The number of carbonyl (C=O) groups excluding carboxylic acids is 2. The van der Waals surface area contributed by atoms with E-state index in [1.165, 1.54) is 0 Å². The van der Waals surface area contributed by atoms with Gasteiger partial charge in [0.05, 0.1) is 6.04 Å². The zero-order valence-electron chi connectivity index (χ0n) is 13.0. The molecule has 0 aromatic heterocycles. The molecule has 1 aromatic rings. The fourth-order valence-electron chi connectivity index (χ4n) is 3.13. The molecule has 2 atom stereocenters. The Morgan fingerprint density at radius 1 is 1.22 bits per heavy atom. The second-order valence-electron chi connectivity index (χ2n) is 6.05. The standard InChI is InChI=1S/C18H21NO4/c20-16(13-8-4-5-11-19-13)15-17(21)14(23-18(15)22)10-9-12-6-2-1-3-7-12/h1-3,6-7,13-14,19-20H,4-5,8-11H2/b16-15+/t13-,14+/m0/s1. The van der Waals surface area contributed by atoms with Gasteiger partial charge in [0.2, 0.25) is 5.78 Å². The lowest BCUT2D eigenvalue weighted by Crippen LogP contribution is -2.37. The number of hydrogen-bond acceptors (Lipinski definition) is 5. The number of rotatable bonds is 4. The maximum atomic E-state index is 12.4. The van der Waals surface area contributed by atoms with Crippen LogP contribution in [-0.4, -0.2) is 35.5 Å². The third-order valence-electron chi connectivity index (χ3n) is 4.43. The van der Waals surface area contributed by atoms with Crippen molar-refractivity contribution >= 4 is 11.8 Å². The molecule has 5 nitrogen and oxygen atoms in total. The molecule has 3 rings (SSSR count). The Bertz CT molecular complexity index is 617. The molecule has 2 saturated heterocycles. The highest BCUT2D eigenvalue weighted by Crippen LogP contribution is 2.26. The highest BCUT2D eigenvalue weighted by molar-refractivity contribution is 6.23. The summed E-state index contributed by atoms with van der Waals surface area (Å²) < 4.78 is 5.19. The van der Waals surface area contributed by atoms with Crippen LogP contribution in [0.2, 0.25) is 0 Å². The monoisotopic (exact) mass is 315 g/mol. The van der Waals surface area contributed by atoms with Crippen LogP contribution in [0, 0.1) is 0 Å². The summed E-state index contributed by atoms with van der Waals surface area (Å²) in [6, 6.07) is 9.43. The van der Waals surface area contributed by atoms with E-state index in [1.807, 2.05) is 30.3 Å². The van der Waals surface area contributed by atoms with E-state index in [1.54, 1.807) is 0 Å². The van der Waals surface area contributed by atoms with Gasteiger partial charge in [-0.15, -0.1) is 0 Å². The van der Waals surface area contributed by atoms with Gasteiger partial charge in [0, 0.05) is 0 Å². The number of benzene rings is 1. The van der Waals surface area contributed by atoms with Crippen molar-refractivity contribution in [2.24, 2.45) is 0 Å². The third-order valence-corrected chi connectivity index (χ3v) is 4.43. The Morgan fingerprint density at radius 3 is 2.70 bits per heavy atom. The van der Waals surface area contributed by atoms with Crippen LogP contribution < -0.4 is 5.32 Å². The molecule has 0 saturated carbocycles. The summed E-state index contributed by atoms with van der Waals surface area (Å²) in [5.74, 6) is -1.24. The van der Waals surface area contributed by atoms with Crippen LogP contribution in [-0.2, 0) is 20.7 Å². The number of ether oxygens (including phenoxy) is 1. The van der Waals surface area contributed by atoms with E-state index < -0.39 is 17.9 Å². The number of aliphatic hydroxyl groups is 1. The van der Waals surface area contributed by atoms with Gasteiger partial charge in [-0.25, -0.2) is 4.79 Å². The number of piperidine rings is 1. The molecule has 0 spiro atoms. The van der Waals surface area contributed by atoms with Gasteiger partial charge >= 0.3 is 5.97 Å². The quantitative estimate of drug-likeness (QED) is 0.385. The Kier molecular flexibility index (Phi) is 4.76. The van der Waals surface area contributed by atoms with Crippen LogP contribution in [0.5, 0.6) is 0 Å². The fraction of sp³-hybridized carbons (Fsp3) is 0.444. The maximum Gasteiger partial charge on any atom is 0.346 e. The number of aliphatic hydroxyl groups excluding tert-OH is 1. The number of cyclic esters (lactones) is 1. The van der Waals surface area contributed by atoms with Crippen LogP contribution in [0.15, 0.2) is 41.7 Å². The predicted octanol–water partition coefficient (Wildman–Crippen LogP) is 2.07. The lowest BCUT2D eigenvalue weighted by molar-refractivity contribution is -0.141. The molecule has 122 valence electrons. The van der Waals surface area contributed by atoms with Crippen LogP contribution in [0.4, 0.5) is 0 Å². The van der Waals surface area contributed by atoms with Crippen LogP contribution in [0.1, 0.15) is 31.2 Å². The van der Waals surface area contributed by atoms with Gasteiger partial charge in [0.1, 0.15) is 11.3 Å². The molecule has 2 aliphatic heterocycles. The third kappa shape index (κ3) is 3.45. The van der Waals surface area contributed by atoms with E-state index in [2.05, 4.69) is 5.32 Å². The van der Waals surface area contributed by atoms with Crippen LogP contribution in [0.3, 0.4) is 0 Å². The first-order valence-corrected chi connectivity index (χ1v) is 8.12. The zero-order valence-corrected chi connectivity index (χ0v) is 13.0. The molecule has 0 aliphatic carbocycles. The molecule has 5 heteroatoms. The summed E-state index contributed by atoms with van der Waals surface area (Å²) in [7, 11) is 0. The minimum Gasteiger partial charge on any atom is -0.510 e. The van der Waals surface area contributed by atoms with Gasteiger partial charge in [-0.2, -0.15) is 0 Å². The van der Waals surface area contributed by atoms with Crippen LogP contribution in [0.25, 0.3) is 0 Å². The van der Waals surface area contributed by atoms with Crippen molar-refractivity contribution in [1.29, 1.82) is 0 Å². The number of esters is 1. The molecule has 2 N–H and O–H groups in total. The van der Waals surface area contributed by atoms with E-state index in [4.69, 9.17) is 4.74 Å². The van der Waals surface area contributed by atoms with E-state index in [-0.39, 0.29) is 17.4 Å². The van der Waals surface area contributed by atoms with Crippen molar-refractivity contribution in [3.63, 3.8) is 0 Å². The fourth-order valence-corrected chi connectivity index (χ4v) is 3.13. The van der Waals surface area contributed by atoms with Crippen molar-refractivity contribution in [2.75, 3.05) is 6.54 Å². The number of ketones is 1. The number of nitrogens with one attached hydrogen (secondary N) is 1. The molecule has 1 aromatic carbocycles. The largest absolute Gasteiger partial charge is 0.510 e. The second kappa shape index (κ2) is 6.96. The van der Waals surface area contributed by atoms with Crippen molar-refractivity contribution in [3.8, 4) is 0 Å². The number of aryl methyl sites for hydroxylation is 1. The van der Waals surface area contributed by atoms with Crippen LogP contribution >= 0.6 is 0 Å². The first kappa shape index (κ1) is 15.7. The second-order valence-corrected chi connectivity index (χ2v) is 6.05. The number of Topliss-reactive ketones (excluding diaryl/α,β-unsaturated/α-hetero) is 1. The lowest BCUT2D eigenvalue weighted by atomic mass is 9.96. The molecule has 0 unspecified atom stereocenters. The first-order chi connectivity index (χ1) is 11.2. The number of hydrogen-bond donors (Lipinski definition) is 2. The summed E-state index contributed by atoms with van der Waals surface area (Å²) >= 11 is 0. The molecular weight excluding hydrogens is 294 g/mol. The molecule has 0 amide bonds. The smallest absolute Gasteiger partial charge is 0.346 e. The number of carbonyl (C=O) groups is 2. The molecular formula is C18H21NO4. The van der Waals surface area contributed by atoms with Crippen molar-refractivity contribution in [2.45, 2.75) is 44.2 Å². The van der Waals surface area contributed by atoms with Gasteiger partial charge in [0.15, 0.2) is 6.10 Å². The predicted molar refractivity (Wildman–Crippen MR) is 84.9 cm³/mol. The summed E-state index contributed by atoms with van der Waals surface area (Å²) in [6.45, 7) is 0.780. The summed E-state index contributed by atoms with van der Waals surface area (Å²) in [6.07, 6.45) is 3.03. The Hall–Kier alpha value is -2.14.